The number of aliphatic hydroxyl groups is 1. The Morgan fingerprint density at radius 2 is 1.55 bits per heavy atom. The predicted octanol–water partition coefficient (Wildman–Crippen LogP) is 8.78. The van der Waals surface area contributed by atoms with Gasteiger partial charge in [-0.05, 0) is 60.8 Å². The third-order valence-electron chi connectivity index (χ3n) is 8.10. The first-order chi connectivity index (χ1) is 20.0. The van der Waals surface area contributed by atoms with Crippen LogP contribution in [-0.4, -0.2) is 25.8 Å². The Bertz CT molecular complexity index is 1520. The molecule has 0 aromatic heterocycles. The Kier molecular flexibility index (Phi) is 8.51. The molecule has 0 fully saturated rings. The van der Waals surface area contributed by atoms with E-state index < -0.39 is 16.2 Å². The summed E-state index contributed by atoms with van der Waals surface area (Å²) < 4.78 is 32.6. The summed E-state index contributed by atoms with van der Waals surface area (Å²) in [6.07, 6.45) is 2.89. The molecule has 2 aliphatic rings. The summed E-state index contributed by atoms with van der Waals surface area (Å²) in [5.41, 5.74) is 1.91. The maximum atomic E-state index is 14.6. The predicted molar refractivity (Wildman–Crippen MR) is 170 cm³/mol. The van der Waals surface area contributed by atoms with E-state index >= 15 is 0 Å². The highest BCUT2D eigenvalue weighted by molar-refractivity contribution is 8.23. The van der Waals surface area contributed by atoms with E-state index in [0.717, 1.165) is 24.0 Å². The number of carbonyl (C=O) groups excluding carboxylic acids is 1. The van der Waals surface area contributed by atoms with Gasteiger partial charge in [0.2, 0.25) is 0 Å². The lowest BCUT2D eigenvalue weighted by Gasteiger charge is -2.41. The number of fused-ring (bicyclic) bond motifs is 2. The average molecular weight is 589 g/mol. The molecule has 1 aliphatic heterocycles. The zero-order valence-corrected chi connectivity index (χ0v) is 25.4. The molecule has 42 heavy (non-hydrogen) atoms. The van der Waals surface area contributed by atoms with Crippen molar-refractivity contribution < 1.29 is 23.7 Å². The van der Waals surface area contributed by atoms with Gasteiger partial charge in [-0.15, -0.1) is 4.40 Å². The Morgan fingerprint density at radius 1 is 0.905 bits per heavy atom. The number of aliphatic hydroxyl groups excluding tert-OH is 1. The number of hydrogen-bond donors (Lipinski definition) is 4. The van der Waals surface area contributed by atoms with Gasteiger partial charge in [-0.1, -0.05) is 93.1 Å². The van der Waals surface area contributed by atoms with Gasteiger partial charge in [0.1, 0.15) is 28.6 Å². The normalized spacial score (nSPS) is 17.8. The molecule has 5 rings (SSSR count). The molecule has 0 bridgehead atoms. The van der Waals surface area contributed by atoms with E-state index in [2.05, 4.69) is 37.4 Å². The van der Waals surface area contributed by atoms with Gasteiger partial charge in [-0.2, -0.15) is 0 Å². The smallest absolute Gasteiger partial charge is 0.180 e. The number of amidine groups is 1. The van der Waals surface area contributed by atoms with Gasteiger partial charge in [-0.25, -0.2) is 0 Å². The van der Waals surface area contributed by atoms with Gasteiger partial charge < -0.3 is 15.2 Å². The Hall–Kier alpha value is -3.59. The van der Waals surface area contributed by atoms with Gasteiger partial charge >= 0.3 is 0 Å². The minimum atomic E-state index is -3.71. The van der Waals surface area contributed by atoms with Crippen molar-refractivity contribution in [3.8, 4) is 5.75 Å². The summed E-state index contributed by atoms with van der Waals surface area (Å²) >= 11 is 0. The van der Waals surface area contributed by atoms with Crippen molar-refractivity contribution in [3.05, 3.63) is 95.1 Å². The molecule has 4 N–H and O–H groups in total. The molecular weight excluding hydrogens is 548 g/mol. The van der Waals surface area contributed by atoms with Crippen LogP contribution in [0.5, 0.6) is 5.75 Å². The lowest BCUT2D eigenvalue weighted by Crippen LogP contribution is -2.44. The van der Waals surface area contributed by atoms with Crippen molar-refractivity contribution in [2.45, 2.75) is 70.3 Å². The van der Waals surface area contributed by atoms with Crippen LogP contribution < -0.4 is 10.1 Å². The largest absolute Gasteiger partial charge is 0.506 e. The molecular formula is C34H40N2O5S. The molecule has 0 unspecified atom stereocenters. The lowest BCUT2D eigenvalue weighted by atomic mass is 9.62. The molecule has 222 valence electrons. The van der Waals surface area contributed by atoms with Gasteiger partial charge in [0.25, 0.3) is 0 Å². The third kappa shape index (κ3) is 5.84. The molecule has 1 aliphatic carbocycles. The molecule has 0 amide bonds. The minimum Gasteiger partial charge on any atom is -0.506 e. The first-order valence-corrected chi connectivity index (χ1v) is 16.1. The number of anilines is 1. The standard InChI is InChI=1S/C34H40N2O5S/c1-22(2)16-18-34(19-17-23(3)4)27-13-9-8-12-26(27)31(37)30(32(34)38)33-35-28-15-14-25(20-29(28)42(39,40)36-33)41-21-24-10-6-5-7-11-24/h5-15,20,22-23,37,39-40H,16-19,21H2,1-4H3,(H,35,36). The molecule has 3 aromatic carbocycles. The summed E-state index contributed by atoms with van der Waals surface area (Å²) in [5, 5.41) is 14.7. The number of ether oxygens (including phenoxy) is 1. The molecule has 0 saturated carbocycles. The van der Waals surface area contributed by atoms with Gasteiger partial charge in [0.05, 0.1) is 11.1 Å². The van der Waals surface area contributed by atoms with Gasteiger partial charge in [0.15, 0.2) is 11.6 Å². The summed E-state index contributed by atoms with van der Waals surface area (Å²) in [5.74, 6) is 0.748. The second-order valence-electron chi connectivity index (χ2n) is 12.1. The number of nitrogens with one attached hydrogen (secondary N) is 1. The number of rotatable bonds is 10. The first kappa shape index (κ1) is 29.9. The van der Waals surface area contributed by atoms with E-state index in [4.69, 9.17) is 4.74 Å². The second-order valence-corrected chi connectivity index (χ2v) is 13.7. The maximum absolute atomic E-state index is 14.6. The number of ketones is 1. The fourth-order valence-electron chi connectivity index (χ4n) is 5.72. The lowest BCUT2D eigenvalue weighted by molar-refractivity contribution is -0.121. The van der Waals surface area contributed by atoms with Crippen LogP contribution in [0, 0.1) is 11.8 Å². The fraction of sp³-hybridized carbons (Fsp3) is 0.353. The van der Waals surface area contributed by atoms with Crippen LogP contribution in [0.1, 0.15) is 70.1 Å². The number of hydrogen-bond acceptors (Lipinski definition) is 7. The first-order valence-electron chi connectivity index (χ1n) is 14.6. The van der Waals surface area contributed by atoms with Crippen LogP contribution in [0.3, 0.4) is 0 Å². The second kappa shape index (κ2) is 12.0. The van der Waals surface area contributed by atoms with Crippen LogP contribution in [0.4, 0.5) is 5.69 Å². The molecule has 0 radical (unpaired) electrons. The highest BCUT2D eigenvalue weighted by Gasteiger charge is 2.49. The number of nitrogens with zero attached hydrogens (tertiary/aromatic N) is 1. The Morgan fingerprint density at radius 3 is 2.21 bits per heavy atom. The monoisotopic (exact) mass is 588 g/mol. The van der Waals surface area contributed by atoms with Crippen molar-refractivity contribution >= 4 is 33.8 Å². The maximum Gasteiger partial charge on any atom is 0.180 e. The summed E-state index contributed by atoms with van der Waals surface area (Å²) in [4.78, 5) is 14.8. The van der Waals surface area contributed by atoms with Crippen molar-refractivity contribution in [1.82, 2.24) is 0 Å². The van der Waals surface area contributed by atoms with Crippen LogP contribution in [0.25, 0.3) is 5.76 Å². The highest BCUT2D eigenvalue weighted by atomic mass is 32.3. The highest BCUT2D eigenvalue weighted by Crippen LogP contribution is 2.57. The molecule has 0 atom stereocenters. The van der Waals surface area contributed by atoms with Crippen LogP contribution in [0.15, 0.2) is 87.7 Å². The third-order valence-corrected chi connectivity index (χ3v) is 9.46. The van der Waals surface area contributed by atoms with E-state index in [-0.39, 0.29) is 27.8 Å². The summed E-state index contributed by atoms with van der Waals surface area (Å²) in [7, 11) is -3.71. The Labute approximate surface area is 249 Å². The quantitative estimate of drug-likeness (QED) is 0.188. The fourth-order valence-corrected chi connectivity index (χ4v) is 6.90. The van der Waals surface area contributed by atoms with Crippen molar-refractivity contribution in [2.24, 2.45) is 16.2 Å². The Balaban J connectivity index is 1.54. The zero-order valence-electron chi connectivity index (χ0n) is 24.6. The van der Waals surface area contributed by atoms with Crippen LogP contribution >= 0.6 is 10.8 Å². The van der Waals surface area contributed by atoms with Crippen molar-refractivity contribution in [2.75, 3.05) is 5.32 Å². The molecule has 3 aromatic rings. The number of benzene rings is 3. The van der Waals surface area contributed by atoms with Gasteiger partial charge in [-0.3, -0.25) is 13.9 Å². The average Bonchev–Trinajstić information content (AvgIpc) is 2.96. The molecule has 1 heterocycles. The van der Waals surface area contributed by atoms with E-state index in [1.807, 2.05) is 54.6 Å². The summed E-state index contributed by atoms with van der Waals surface area (Å²) in [6.45, 7) is 8.88. The number of carbonyl (C=O) groups is 1. The van der Waals surface area contributed by atoms with Gasteiger partial charge in [0, 0.05) is 11.6 Å². The summed E-state index contributed by atoms with van der Waals surface area (Å²) in [6, 6.07) is 22.2. The van der Waals surface area contributed by atoms with Crippen LogP contribution in [-0.2, 0) is 16.8 Å². The van der Waals surface area contributed by atoms with Crippen LogP contribution in [0.2, 0.25) is 0 Å². The van der Waals surface area contributed by atoms with Crippen molar-refractivity contribution in [3.63, 3.8) is 0 Å². The van der Waals surface area contributed by atoms with E-state index in [1.54, 1.807) is 18.2 Å². The van der Waals surface area contributed by atoms with E-state index in [1.165, 1.54) is 0 Å². The molecule has 0 saturated heterocycles. The molecule has 8 heteroatoms. The zero-order chi connectivity index (χ0) is 30.1. The van der Waals surface area contributed by atoms with E-state index in [0.29, 0.717) is 48.3 Å². The minimum absolute atomic E-state index is 0.00348. The topological polar surface area (TPSA) is 111 Å². The number of Topliss-reactive ketones (excluding diaryl/α,β-unsaturated/α-hetero) is 1. The molecule has 0 spiro atoms. The molecule has 7 nitrogen and oxygen atoms in total. The SMILES string of the molecule is CC(C)CCC1(CCC(C)C)C(=O)C(C2=NS(O)(O)c3cc(OCc4ccccc4)ccc3N2)=C(O)c2ccccc21. The van der Waals surface area contributed by atoms with E-state index in [9.17, 15) is 19.0 Å². The van der Waals surface area contributed by atoms with Crippen molar-refractivity contribution in [1.29, 1.82) is 0 Å².